The largest absolute Gasteiger partial charge is 0.378 e. The van der Waals surface area contributed by atoms with Crippen LogP contribution in [0.5, 0.6) is 0 Å². The van der Waals surface area contributed by atoms with Crippen LogP contribution in [0.3, 0.4) is 0 Å². The first-order valence-electron chi connectivity index (χ1n) is 7.94. The number of nitrogens with one attached hydrogen (secondary N) is 1. The fraction of sp³-hybridized carbons (Fsp3) is 0.316. The van der Waals surface area contributed by atoms with Crippen molar-refractivity contribution >= 4 is 17.3 Å². The second-order valence-electron chi connectivity index (χ2n) is 5.98. The van der Waals surface area contributed by atoms with Crippen LogP contribution in [0.1, 0.15) is 21.5 Å². The first-order valence-corrected chi connectivity index (χ1v) is 7.94. The predicted octanol–water partition coefficient (Wildman–Crippen LogP) is 3.39. The molecule has 23 heavy (non-hydrogen) atoms. The molecule has 1 heterocycles. The third kappa shape index (κ3) is 3.90. The summed E-state index contributed by atoms with van der Waals surface area (Å²) in [4.78, 5) is 14.7. The van der Waals surface area contributed by atoms with Gasteiger partial charge in [-0.25, -0.2) is 0 Å². The Morgan fingerprint density at radius 2 is 1.61 bits per heavy atom. The third-order valence-corrected chi connectivity index (χ3v) is 3.99. The summed E-state index contributed by atoms with van der Waals surface area (Å²) in [6.45, 7) is 7.36. The molecule has 4 nitrogen and oxygen atoms in total. The van der Waals surface area contributed by atoms with Crippen molar-refractivity contribution in [1.29, 1.82) is 0 Å². The maximum Gasteiger partial charge on any atom is 0.255 e. The number of aryl methyl sites for hydroxylation is 2. The van der Waals surface area contributed by atoms with E-state index >= 15 is 0 Å². The van der Waals surface area contributed by atoms with E-state index in [-0.39, 0.29) is 5.91 Å². The van der Waals surface area contributed by atoms with Crippen LogP contribution in [0, 0.1) is 13.8 Å². The van der Waals surface area contributed by atoms with Gasteiger partial charge < -0.3 is 15.0 Å². The summed E-state index contributed by atoms with van der Waals surface area (Å²) in [5.41, 5.74) is 4.86. The number of rotatable bonds is 3. The number of anilines is 2. The molecule has 0 aromatic heterocycles. The van der Waals surface area contributed by atoms with E-state index in [1.165, 1.54) is 0 Å². The van der Waals surface area contributed by atoms with Gasteiger partial charge in [0.1, 0.15) is 0 Å². The second kappa shape index (κ2) is 6.84. The summed E-state index contributed by atoms with van der Waals surface area (Å²) in [5.74, 6) is -0.0732. The summed E-state index contributed by atoms with van der Waals surface area (Å²) in [6.07, 6.45) is 0. The molecule has 0 aliphatic carbocycles. The number of ether oxygens (including phenoxy) is 1. The predicted molar refractivity (Wildman–Crippen MR) is 93.3 cm³/mol. The Hall–Kier alpha value is -2.33. The van der Waals surface area contributed by atoms with Crippen molar-refractivity contribution in [3.63, 3.8) is 0 Å². The highest BCUT2D eigenvalue weighted by Gasteiger charge is 2.11. The minimum Gasteiger partial charge on any atom is -0.378 e. The minimum absolute atomic E-state index is 0.0732. The molecule has 1 aliphatic rings. The fourth-order valence-electron chi connectivity index (χ4n) is 2.89. The lowest BCUT2D eigenvalue weighted by Crippen LogP contribution is -2.36. The van der Waals surface area contributed by atoms with Crippen LogP contribution < -0.4 is 10.2 Å². The quantitative estimate of drug-likeness (QED) is 0.945. The molecule has 0 radical (unpaired) electrons. The monoisotopic (exact) mass is 310 g/mol. The number of hydrogen-bond acceptors (Lipinski definition) is 3. The first kappa shape index (κ1) is 15.6. The number of morpholine rings is 1. The van der Waals surface area contributed by atoms with Crippen LogP contribution >= 0.6 is 0 Å². The Bertz CT molecular complexity index is 669. The molecular weight excluding hydrogens is 288 g/mol. The Morgan fingerprint density at radius 1 is 1.00 bits per heavy atom. The molecular formula is C19H22N2O2. The zero-order chi connectivity index (χ0) is 16.2. The van der Waals surface area contributed by atoms with Crippen LogP contribution in [-0.4, -0.2) is 32.2 Å². The van der Waals surface area contributed by atoms with Gasteiger partial charge in [-0.2, -0.15) is 0 Å². The number of carbonyl (C=O) groups excluding carboxylic acids is 1. The van der Waals surface area contributed by atoms with Crippen molar-refractivity contribution in [2.24, 2.45) is 0 Å². The topological polar surface area (TPSA) is 41.6 Å². The van der Waals surface area contributed by atoms with Gasteiger partial charge in [0, 0.05) is 30.0 Å². The van der Waals surface area contributed by atoms with E-state index in [0.29, 0.717) is 5.56 Å². The van der Waals surface area contributed by atoms with Crippen LogP contribution in [0.4, 0.5) is 11.4 Å². The van der Waals surface area contributed by atoms with Crippen molar-refractivity contribution in [3.05, 3.63) is 59.2 Å². The lowest BCUT2D eigenvalue weighted by atomic mass is 10.1. The summed E-state index contributed by atoms with van der Waals surface area (Å²) in [6, 6.07) is 13.9. The van der Waals surface area contributed by atoms with Gasteiger partial charge in [-0.15, -0.1) is 0 Å². The average Bonchev–Trinajstić information content (AvgIpc) is 2.55. The molecule has 2 aromatic carbocycles. The summed E-state index contributed by atoms with van der Waals surface area (Å²) in [5, 5.41) is 2.96. The van der Waals surface area contributed by atoms with Gasteiger partial charge in [0.2, 0.25) is 0 Å². The van der Waals surface area contributed by atoms with Gasteiger partial charge in [-0.05, 0) is 50.2 Å². The van der Waals surface area contributed by atoms with Crippen molar-refractivity contribution < 1.29 is 9.53 Å². The van der Waals surface area contributed by atoms with Gasteiger partial charge >= 0.3 is 0 Å². The van der Waals surface area contributed by atoms with Crippen LogP contribution in [0.15, 0.2) is 42.5 Å². The molecule has 4 heteroatoms. The van der Waals surface area contributed by atoms with Crippen LogP contribution in [0.25, 0.3) is 0 Å². The first-order chi connectivity index (χ1) is 11.1. The fourth-order valence-corrected chi connectivity index (χ4v) is 2.89. The molecule has 1 aliphatic heterocycles. The van der Waals surface area contributed by atoms with Crippen molar-refractivity contribution in [2.75, 3.05) is 36.5 Å². The lowest BCUT2D eigenvalue weighted by molar-refractivity contribution is 0.102. The Balaban J connectivity index is 1.68. The highest BCUT2D eigenvalue weighted by Crippen LogP contribution is 2.20. The Morgan fingerprint density at radius 3 is 2.22 bits per heavy atom. The molecule has 2 aromatic rings. The molecule has 1 saturated heterocycles. The number of benzene rings is 2. The van der Waals surface area contributed by atoms with Gasteiger partial charge in [-0.1, -0.05) is 17.2 Å². The van der Waals surface area contributed by atoms with Crippen molar-refractivity contribution in [1.82, 2.24) is 0 Å². The summed E-state index contributed by atoms with van der Waals surface area (Å²) in [7, 11) is 0. The maximum absolute atomic E-state index is 12.4. The van der Waals surface area contributed by atoms with E-state index in [1.54, 1.807) is 0 Å². The molecule has 1 N–H and O–H groups in total. The number of hydrogen-bond donors (Lipinski definition) is 1. The molecule has 0 atom stereocenters. The maximum atomic E-state index is 12.4. The Kier molecular flexibility index (Phi) is 4.63. The third-order valence-electron chi connectivity index (χ3n) is 3.99. The Labute approximate surface area is 137 Å². The lowest BCUT2D eigenvalue weighted by Gasteiger charge is -2.28. The number of carbonyl (C=O) groups is 1. The van der Waals surface area contributed by atoms with E-state index in [2.05, 4.69) is 16.3 Å². The van der Waals surface area contributed by atoms with E-state index in [9.17, 15) is 4.79 Å². The van der Waals surface area contributed by atoms with E-state index in [1.807, 2.05) is 50.2 Å². The SMILES string of the molecule is Cc1cc(C)cc(C(=O)Nc2ccc(N3CCOCC3)cc2)c1. The highest BCUT2D eigenvalue weighted by atomic mass is 16.5. The molecule has 120 valence electrons. The van der Waals surface area contributed by atoms with Crippen LogP contribution in [0.2, 0.25) is 0 Å². The molecule has 0 spiro atoms. The van der Waals surface area contributed by atoms with Crippen LogP contribution in [-0.2, 0) is 4.74 Å². The molecule has 0 saturated carbocycles. The molecule has 3 rings (SSSR count). The standard InChI is InChI=1S/C19H22N2O2/c1-14-11-15(2)13-16(12-14)19(22)20-17-3-5-18(6-4-17)21-7-9-23-10-8-21/h3-6,11-13H,7-10H2,1-2H3,(H,20,22). The average molecular weight is 310 g/mol. The van der Waals surface area contributed by atoms with Gasteiger partial charge in [0.15, 0.2) is 0 Å². The normalized spacial score (nSPS) is 14.6. The van der Waals surface area contributed by atoms with Gasteiger partial charge in [-0.3, -0.25) is 4.79 Å². The van der Waals surface area contributed by atoms with Crippen molar-refractivity contribution in [3.8, 4) is 0 Å². The zero-order valence-electron chi connectivity index (χ0n) is 13.6. The second-order valence-corrected chi connectivity index (χ2v) is 5.98. The van der Waals surface area contributed by atoms with Gasteiger partial charge in [0.05, 0.1) is 13.2 Å². The van der Waals surface area contributed by atoms with E-state index in [4.69, 9.17) is 4.74 Å². The summed E-state index contributed by atoms with van der Waals surface area (Å²) >= 11 is 0. The van der Waals surface area contributed by atoms with E-state index in [0.717, 1.165) is 48.8 Å². The smallest absolute Gasteiger partial charge is 0.255 e. The molecule has 1 amide bonds. The molecule has 1 fully saturated rings. The van der Waals surface area contributed by atoms with E-state index < -0.39 is 0 Å². The van der Waals surface area contributed by atoms with Crippen molar-refractivity contribution in [2.45, 2.75) is 13.8 Å². The summed E-state index contributed by atoms with van der Waals surface area (Å²) < 4.78 is 5.37. The molecule has 0 unspecified atom stereocenters. The zero-order valence-corrected chi connectivity index (χ0v) is 13.6. The number of amides is 1. The highest BCUT2D eigenvalue weighted by molar-refractivity contribution is 6.04. The van der Waals surface area contributed by atoms with Gasteiger partial charge in [0.25, 0.3) is 5.91 Å². The minimum atomic E-state index is -0.0732. The number of nitrogens with zero attached hydrogens (tertiary/aromatic N) is 1. The molecule has 0 bridgehead atoms.